The number of hydrogen-bond acceptors (Lipinski definition) is 1. The highest BCUT2D eigenvalue weighted by molar-refractivity contribution is 5.96. The third-order valence-corrected chi connectivity index (χ3v) is 2.76. The van der Waals surface area contributed by atoms with E-state index in [-0.39, 0.29) is 0 Å². The first-order chi connectivity index (χ1) is 6.42. The summed E-state index contributed by atoms with van der Waals surface area (Å²) in [6.07, 6.45) is 3.50. The average Bonchev–Trinajstić information content (AvgIpc) is 2.05. The van der Waals surface area contributed by atoms with Crippen LogP contribution < -0.4 is 0 Å². The summed E-state index contributed by atoms with van der Waals surface area (Å²) in [5, 5.41) is 7.59. The lowest BCUT2D eigenvalue weighted by Gasteiger charge is -2.31. The van der Waals surface area contributed by atoms with Gasteiger partial charge in [-0.2, -0.15) is 0 Å². The van der Waals surface area contributed by atoms with E-state index in [0.29, 0.717) is 5.41 Å². The molecule has 0 unspecified atom stereocenters. The van der Waals surface area contributed by atoms with Crippen molar-refractivity contribution in [2.45, 2.75) is 60.8 Å². The summed E-state index contributed by atoms with van der Waals surface area (Å²) in [4.78, 5) is 0. The first-order valence-electron chi connectivity index (χ1n) is 5.66. The van der Waals surface area contributed by atoms with Crippen molar-refractivity contribution in [3.05, 3.63) is 11.1 Å². The van der Waals surface area contributed by atoms with E-state index in [1.54, 1.807) is 0 Å². The van der Waals surface area contributed by atoms with E-state index in [4.69, 9.17) is 5.41 Å². The topological polar surface area (TPSA) is 23.9 Å². The van der Waals surface area contributed by atoms with E-state index in [9.17, 15) is 0 Å². The maximum atomic E-state index is 7.59. The number of hydrogen-bond donors (Lipinski definition) is 1. The van der Waals surface area contributed by atoms with E-state index in [1.807, 2.05) is 20.8 Å². The second kappa shape index (κ2) is 5.33. The van der Waals surface area contributed by atoms with Crippen LogP contribution in [0.5, 0.6) is 0 Å². The van der Waals surface area contributed by atoms with E-state index in [2.05, 4.69) is 20.8 Å². The first-order valence-corrected chi connectivity index (χ1v) is 5.66. The molecule has 14 heavy (non-hydrogen) atoms. The van der Waals surface area contributed by atoms with Crippen molar-refractivity contribution in [1.82, 2.24) is 0 Å². The van der Waals surface area contributed by atoms with Gasteiger partial charge in [0.15, 0.2) is 0 Å². The molecule has 0 amide bonds. The van der Waals surface area contributed by atoms with Gasteiger partial charge < -0.3 is 5.41 Å². The molecule has 1 N–H and O–H groups in total. The summed E-state index contributed by atoms with van der Waals surface area (Å²) in [5.74, 6) is 0. The van der Waals surface area contributed by atoms with Crippen LogP contribution >= 0.6 is 0 Å². The van der Waals surface area contributed by atoms with Gasteiger partial charge in [0.2, 0.25) is 0 Å². The van der Waals surface area contributed by atoms with Crippen LogP contribution in [0.25, 0.3) is 0 Å². The molecule has 1 nitrogen and oxygen atoms in total. The molecule has 0 aliphatic heterocycles. The van der Waals surface area contributed by atoms with Crippen molar-refractivity contribution in [3.63, 3.8) is 0 Å². The Hall–Kier alpha value is -0.590. The van der Waals surface area contributed by atoms with Gasteiger partial charge in [0.05, 0.1) is 0 Å². The van der Waals surface area contributed by atoms with Crippen LogP contribution in [0.4, 0.5) is 0 Å². The first kappa shape index (κ1) is 13.4. The van der Waals surface area contributed by atoms with Gasteiger partial charge in [-0.3, -0.25) is 0 Å². The standard InChI is InChI=1S/C11H19N.C2H6/c1-8-7-11(3,4)6-5-10(8)9(2)12;1-2/h12H,5-7H2,1-4H3;1-2H3. The summed E-state index contributed by atoms with van der Waals surface area (Å²) in [7, 11) is 0. The summed E-state index contributed by atoms with van der Waals surface area (Å²) >= 11 is 0. The summed E-state index contributed by atoms with van der Waals surface area (Å²) in [6.45, 7) is 12.7. The summed E-state index contributed by atoms with van der Waals surface area (Å²) in [5.41, 5.74) is 3.96. The van der Waals surface area contributed by atoms with Crippen LogP contribution in [0.2, 0.25) is 0 Å². The van der Waals surface area contributed by atoms with Gasteiger partial charge in [-0.05, 0) is 44.1 Å². The minimum absolute atomic E-state index is 0.461. The van der Waals surface area contributed by atoms with E-state index in [1.165, 1.54) is 24.0 Å². The van der Waals surface area contributed by atoms with Gasteiger partial charge >= 0.3 is 0 Å². The van der Waals surface area contributed by atoms with Crippen molar-refractivity contribution < 1.29 is 0 Å². The fraction of sp³-hybridized carbons (Fsp3) is 0.769. The van der Waals surface area contributed by atoms with Gasteiger partial charge in [0, 0.05) is 5.71 Å². The van der Waals surface area contributed by atoms with Crippen molar-refractivity contribution in [3.8, 4) is 0 Å². The maximum Gasteiger partial charge on any atom is 0.0314 e. The quantitative estimate of drug-likeness (QED) is 0.592. The predicted octanol–water partition coefficient (Wildman–Crippen LogP) is 4.58. The Balaban J connectivity index is 0.000000791. The monoisotopic (exact) mass is 195 g/mol. The molecular formula is C13H25N. The van der Waals surface area contributed by atoms with Gasteiger partial charge in [-0.25, -0.2) is 0 Å². The van der Waals surface area contributed by atoms with Crippen LogP contribution in [-0.2, 0) is 0 Å². The van der Waals surface area contributed by atoms with Crippen molar-refractivity contribution in [2.75, 3.05) is 0 Å². The molecular weight excluding hydrogens is 170 g/mol. The van der Waals surface area contributed by atoms with E-state index < -0.39 is 0 Å². The van der Waals surface area contributed by atoms with E-state index in [0.717, 1.165) is 12.1 Å². The normalized spacial score (nSPS) is 19.9. The minimum atomic E-state index is 0.461. The second-order valence-electron chi connectivity index (χ2n) is 4.72. The van der Waals surface area contributed by atoms with Crippen LogP contribution in [0.3, 0.4) is 0 Å². The van der Waals surface area contributed by atoms with Crippen LogP contribution in [0, 0.1) is 10.8 Å². The largest absolute Gasteiger partial charge is 0.305 e. The Morgan fingerprint density at radius 3 is 2.14 bits per heavy atom. The highest BCUT2D eigenvalue weighted by Crippen LogP contribution is 2.38. The molecule has 1 aliphatic carbocycles. The number of allylic oxidation sites excluding steroid dienone is 2. The zero-order valence-corrected chi connectivity index (χ0v) is 10.6. The van der Waals surface area contributed by atoms with Gasteiger partial charge in [0.25, 0.3) is 0 Å². The Morgan fingerprint density at radius 1 is 1.29 bits per heavy atom. The predicted molar refractivity (Wildman–Crippen MR) is 65.1 cm³/mol. The molecule has 0 aromatic rings. The molecule has 1 rings (SSSR count). The molecule has 0 bridgehead atoms. The Labute approximate surface area is 89.1 Å². The van der Waals surface area contributed by atoms with Crippen molar-refractivity contribution >= 4 is 5.71 Å². The maximum absolute atomic E-state index is 7.59. The SMILES string of the molecule is CC.CC(=N)C1=C(C)CC(C)(C)CC1. The summed E-state index contributed by atoms with van der Waals surface area (Å²) < 4.78 is 0. The molecule has 0 saturated heterocycles. The molecule has 1 aliphatic rings. The van der Waals surface area contributed by atoms with Gasteiger partial charge in [-0.15, -0.1) is 0 Å². The molecule has 0 aromatic heterocycles. The van der Waals surface area contributed by atoms with Crippen LogP contribution in [-0.4, -0.2) is 5.71 Å². The number of rotatable bonds is 1. The van der Waals surface area contributed by atoms with Crippen LogP contribution in [0.15, 0.2) is 11.1 Å². The molecule has 82 valence electrons. The van der Waals surface area contributed by atoms with Crippen LogP contribution in [0.1, 0.15) is 60.8 Å². The van der Waals surface area contributed by atoms with Gasteiger partial charge in [-0.1, -0.05) is 33.3 Å². The lowest BCUT2D eigenvalue weighted by molar-refractivity contribution is 0.317. The molecule has 0 heterocycles. The Morgan fingerprint density at radius 2 is 1.79 bits per heavy atom. The zero-order chi connectivity index (χ0) is 11.4. The lowest BCUT2D eigenvalue weighted by Crippen LogP contribution is -2.19. The molecule has 0 radical (unpaired) electrons. The number of nitrogens with one attached hydrogen (secondary N) is 1. The van der Waals surface area contributed by atoms with Crippen molar-refractivity contribution in [1.29, 1.82) is 5.41 Å². The third-order valence-electron chi connectivity index (χ3n) is 2.76. The zero-order valence-electron chi connectivity index (χ0n) is 10.6. The fourth-order valence-electron chi connectivity index (χ4n) is 2.10. The molecule has 0 aromatic carbocycles. The Kier molecular flexibility index (Phi) is 5.11. The highest BCUT2D eigenvalue weighted by Gasteiger charge is 2.25. The van der Waals surface area contributed by atoms with Gasteiger partial charge in [0.1, 0.15) is 0 Å². The minimum Gasteiger partial charge on any atom is -0.305 e. The molecule has 1 heteroatoms. The smallest absolute Gasteiger partial charge is 0.0314 e. The highest BCUT2D eigenvalue weighted by atomic mass is 14.4. The average molecular weight is 195 g/mol. The summed E-state index contributed by atoms with van der Waals surface area (Å²) in [6, 6.07) is 0. The second-order valence-corrected chi connectivity index (χ2v) is 4.72. The lowest BCUT2D eigenvalue weighted by atomic mass is 9.74. The third kappa shape index (κ3) is 3.65. The molecule has 0 atom stereocenters. The van der Waals surface area contributed by atoms with Crippen molar-refractivity contribution in [2.24, 2.45) is 5.41 Å². The Bertz CT molecular complexity index is 234. The molecule has 0 saturated carbocycles. The van der Waals surface area contributed by atoms with E-state index >= 15 is 0 Å². The fourth-order valence-corrected chi connectivity index (χ4v) is 2.10. The molecule has 0 spiro atoms. The molecule has 0 fully saturated rings.